The highest BCUT2D eigenvalue weighted by Gasteiger charge is 2.25. The van der Waals surface area contributed by atoms with E-state index in [4.69, 9.17) is 14.2 Å². The summed E-state index contributed by atoms with van der Waals surface area (Å²) in [7, 11) is 4.59. The molecule has 0 spiro atoms. The largest absolute Gasteiger partial charge is 0.508 e. The SMILES string of the molecule is CCN(Cc1ccc(OC)c(OC)c1OC)C(=O)C(C=O)Cc1ccc(O)cc1. The number of ether oxygens (including phenoxy) is 3. The summed E-state index contributed by atoms with van der Waals surface area (Å²) in [6.45, 7) is 2.54. The second-order valence-electron chi connectivity index (χ2n) is 6.46. The number of hydrogen-bond acceptors (Lipinski definition) is 6. The van der Waals surface area contributed by atoms with E-state index in [1.54, 1.807) is 23.1 Å². The van der Waals surface area contributed by atoms with Crippen molar-refractivity contribution in [3.63, 3.8) is 0 Å². The van der Waals surface area contributed by atoms with Crippen LogP contribution in [0.15, 0.2) is 36.4 Å². The van der Waals surface area contributed by atoms with Gasteiger partial charge in [0.25, 0.3) is 0 Å². The molecule has 0 saturated heterocycles. The number of nitrogens with zero attached hydrogens (tertiary/aromatic N) is 1. The fourth-order valence-corrected chi connectivity index (χ4v) is 3.15. The summed E-state index contributed by atoms with van der Waals surface area (Å²) in [4.78, 5) is 26.2. The minimum absolute atomic E-state index is 0.137. The lowest BCUT2D eigenvalue weighted by atomic mass is 9.98. The van der Waals surface area contributed by atoms with Gasteiger partial charge in [-0.3, -0.25) is 4.79 Å². The first kappa shape index (κ1) is 22.1. The van der Waals surface area contributed by atoms with E-state index in [-0.39, 0.29) is 24.6 Å². The number of aldehydes is 1. The number of carbonyl (C=O) groups is 2. The number of aromatic hydroxyl groups is 1. The van der Waals surface area contributed by atoms with E-state index < -0.39 is 5.92 Å². The first-order valence-corrected chi connectivity index (χ1v) is 9.28. The van der Waals surface area contributed by atoms with Crippen LogP contribution in [0.4, 0.5) is 0 Å². The van der Waals surface area contributed by atoms with E-state index >= 15 is 0 Å². The van der Waals surface area contributed by atoms with Crippen molar-refractivity contribution < 1.29 is 28.9 Å². The van der Waals surface area contributed by atoms with Crippen molar-refractivity contribution in [2.45, 2.75) is 19.9 Å². The molecule has 156 valence electrons. The lowest BCUT2D eigenvalue weighted by molar-refractivity contribution is -0.138. The van der Waals surface area contributed by atoms with Gasteiger partial charge < -0.3 is 29.0 Å². The summed E-state index contributed by atoms with van der Waals surface area (Å²) in [6.07, 6.45) is 0.936. The summed E-state index contributed by atoms with van der Waals surface area (Å²) in [6, 6.07) is 10.0. The number of amides is 1. The van der Waals surface area contributed by atoms with E-state index in [1.807, 2.05) is 13.0 Å². The Bertz CT molecular complexity index is 834. The van der Waals surface area contributed by atoms with E-state index in [2.05, 4.69) is 0 Å². The van der Waals surface area contributed by atoms with Crippen LogP contribution >= 0.6 is 0 Å². The maximum absolute atomic E-state index is 13.0. The van der Waals surface area contributed by atoms with Crippen LogP contribution in [0.5, 0.6) is 23.0 Å². The van der Waals surface area contributed by atoms with Crippen molar-refractivity contribution in [3.8, 4) is 23.0 Å². The molecule has 0 aliphatic heterocycles. The van der Waals surface area contributed by atoms with Crippen molar-refractivity contribution in [2.24, 2.45) is 5.92 Å². The molecule has 0 fully saturated rings. The molecular weight excluding hydrogens is 374 g/mol. The van der Waals surface area contributed by atoms with Crippen LogP contribution in [0.2, 0.25) is 0 Å². The molecule has 7 heteroatoms. The third-order valence-corrected chi connectivity index (χ3v) is 4.71. The standard InChI is InChI=1S/C22H27NO6/c1-5-23(13-16-8-11-19(27-2)21(29-4)20(16)28-3)22(26)17(14-24)12-15-6-9-18(25)10-7-15/h6-11,14,17,25H,5,12-13H2,1-4H3. The highest BCUT2D eigenvalue weighted by atomic mass is 16.5. The second kappa shape index (κ2) is 10.4. The van der Waals surface area contributed by atoms with Gasteiger partial charge in [-0.1, -0.05) is 12.1 Å². The van der Waals surface area contributed by atoms with Gasteiger partial charge >= 0.3 is 0 Å². The quantitative estimate of drug-likeness (QED) is 0.487. The number of methoxy groups -OCH3 is 3. The number of carbonyl (C=O) groups excluding carboxylic acids is 2. The van der Waals surface area contributed by atoms with Crippen LogP contribution in [-0.4, -0.2) is 50.1 Å². The van der Waals surface area contributed by atoms with Crippen molar-refractivity contribution in [1.29, 1.82) is 0 Å². The zero-order chi connectivity index (χ0) is 21.4. The topological polar surface area (TPSA) is 85.3 Å². The molecule has 0 aliphatic carbocycles. The van der Waals surface area contributed by atoms with Gasteiger partial charge in [-0.2, -0.15) is 0 Å². The number of phenolic OH excluding ortho intramolecular Hbond substituents is 1. The molecular formula is C22H27NO6. The van der Waals surface area contributed by atoms with Crippen LogP contribution in [-0.2, 0) is 22.6 Å². The fraction of sp³-hybridized carbons (Fsp3) is 0.364. The lowest BCUT2D eigenvalue weighted by Crippen LogP contribution is -2.37. The Labute approximate surface area is 170 Å². The summed E-state index contributed by atoms with van der Waals surface area (Å²) in [5.41, 5.74) is 1.54. The van der Waals surface area contributed by atoms with Crippen molar-refractivity contribution in [3.05, 3.63) is 47.5 Å². The van der Waals surface area contributed by atoms with Crippen molar-refractivity contribution in [2.75, 3.05) is 27.9 Å². The fourth-order valence-electron chi connectivity index (χ4n) is 3.15. The Kier molecular flexibility index (Phi) is 7.88. The Morgan fingerprint density at radius 2 is 1.69 bits per heavy atom. The molecule has 0 aliphatic rings. The van der Waals surface area contributed by atoms with Gasteiger partial charge in [-0.05, 0) is 43.2 Å². The molecule has 29 heavy (non-hydrogen) atoms. The Morgan fingerprint density at radius 3 is 2.21 bits per heavy atom. The third kappa shape index (κ3) is 5.19. The van der Waals surface area contributed by atoms with E-state index in [0.29, 0.717) is 30.1 Å². The summed E-state index contributed by atoms with van der Waals surface area (Å²) >= 11 is 0. The first-order chi connectivity index (χ1) is 14.0. The van der Waals surface area contributed by atoms with E-state index in [9.17, 15) is 14.7 Å². The number of hydrogen-bond donors (Lipinski definition) is 1. The van der Waals surface area contributed by atoms with Gasteiger partial charge in [-0.15, -0.1) is 0 Å². The molecule has 0 saturated carbocycles. The molecule has 0 aromatic heterocycles. The highest BCUT2D eigenvalue weighted by molar-refractivity contribution is 5.92. The summed E-state index contributed by atoms with van der Waals surface area (Å²) in [5, 5.41) is 9.40. The molecule has 0 bridgehead atoms. The van der Waals surface area contributed by atoms with Gasteiger partial charge in [0.2, 0.25) is 11.7 Å². The molecule has 1 amide bonds. The van der Waals surface area contributed by atoms with Gasteiger partial charge in [0.1, 0.15) is 12.0 Å². The zero-order valence-corrected chi connectivity index (χ0v) is 17.2. The van der Waals surface area contributed by atoms with Gasteiger partial charge in [0.15, 0.2) is 11.5 Å². The average Bonchev–Trinajstić information content (AvgIpc) is 2.75. The van der Waals surface area contributed by atoms with Crippen LogP contribution in [0.3, 0.4) is 0 Å². The minimum atomic E-state index is -0.814. The molecule has 2 aromatic rings. The predicted molar refractivity (Wildman–Crippen MR) is 109 cm³/mol. The van der Waals surface area contributed by atoms with Crippen LogP contribution < -0.4 is 14.2 Å². The van der Waals surface area contributed by atoms with Crippen LogP contribution in [0.25, 0.3) is 0 Å². The Hall–Kier alpha value is -3.22. The molecule has 0 radical (unpaired) electrons. The Balaban J connectivity index is 2.24. The van der Waals surface area contributed by atoms with Crippen molar-refractivity contribution >= 4 is 12.2 Å². The highest BCUT2D eigenvalue weighted by Crippen LogP contribution is 2.40. The minimum Gasteiger partial charge on any atom is -0.508 e. The third-order valence-electron chi connectivity index (χ3n) is 4.71. The average molecular weight is 401 g/mol. The van der Waals surface area contributed by atoms with Gasteiger partial charge in [-0.25, -0.2) is 0 Å². The lowest BCUT2D eigenvalue weighted by Gasteiger charge is -2.25. The Morgan fingerprint density at radius 1 is 1.03 bits per heavy atom. The predicted octanol–water partition coefficient (Wildman–Crippen LogP) is 2.82. The molecule has 0 heterocycles. The second-order valence-corrected chi connectivity index (χ2v) is 6.46. The molecule has 1 atom stereocenters. The number of benzene rings is 2. The number of phenols is 1. The maximum Gasteiger partial charge on any atom is 0.233 e. The van der Waals surface area contributed by atoms with Gasteiger partial charge in [0.05, 0.1) is 27.2 Å². The van der Waals surface area contributed by atoms with Gasteiger partial charge in [0, 0.05) is 18.7 Å². The first-order valence-electron chi connectivity index (χ1n) is 9.28. The van der Waals surface area contributed by atoms with Crippen LogP contribution in [0.1, 0.15) is 18.1 Å². The summed E-state index contributed by atoms with van der Waals surface area (Å²) in [5.74, 6) is 0.517. The monoisotopic (exact) mass is 401 g/mol. The molecule has 2 aromatic carbocycles. The molecule has 7 nitrogen and oxygen atoms in total. The molecule has 2 rings (SSSR count). The maximum atomic E-state index is 13.0. The molecule has 1 N–H and O–H groups in total. The van der Waals surface area contributed by atoms with Crippen LogP contribution in [0, 0.1) is 5.92 Å². The van der Waals surface area contributed by atoms with E-state index in [1.165, 1.54) is 33.5 Å². The van der Waals surface area contributed by atoms with E-state index in [0.717, 1.165) is 11.1 Å². The zero-order valence-electron chi connectivity index (χ0n) is 17.2. The smallest absolute Gasteiger partial charge is 0.233 e. The normalized spacial score (nSPS) is 11.4. The number of rotatable bonds is 10. The van der Waals surface area contributed by atoms with Crippen molar-refractivity contribution in [1.82, 2.24) is 4.90 Å². The molecule has 1 unspecified atom stereocenters. The summed E-state index contributed by atoms with van der Waals surface area (Å²) < 4.78 is 16.2.